The molecule has 0 N–H and O–H groups in total. The zero-order chi connectivity index (χ0) is 23.6. The topological polar surface area (TPSA) is 48.0 Å². The van der Waals surface area contributed by atoms with Gasteiger partial charge in [0, 0.05) is 18.7 Å². The summed E-state index contributed by atoms with van der Waals surface area (Å²) in [7, 11) is -0.470. The molecule has 1 unspecified atom stereocenters. The summed E-state index contributed by atoms with van der Waals surface area (Å²) in [6.45, 7) is 12.5. The minimum atomic E-state index is -0.470. The highest BCUT2D eigenvalue weighted by atomic mass is 16.7. The summed E-state index contributed by atoms with van der Waals surface area (Å²) in [5.41, 5.74) is 2.05. The Kier molecular flexibility index (Phi) is 6.87. The average Bonchev–Trinajstić information content (AvgIpc) is 3.00. The second-order valence-corrected chi connectivity index (χ2v) is 10.5. The van der Waals surface area contributed by atoms with E-state index in [4.69, 9.17) is 14.0 Å². The van der Waals surface area contributed by atoms with Gasteiger partial charge in [0.15, 0.2) is 0 Å². The van der Waals surface area contributed by atoms with Gasteiger partial charge in [0.05, 0.1) is 17.6 Å². The van der Waals surface area contributed by atoms with E-state index in [1.54, 1.807) is 0 Å². The van der Waals surface area contributed by atoms with Crippen LogP contribution in [-0.2, 0) is 27.1 Å². The summed E-state index contributed by atoms with van der Waals surface area (Å²) in [5.74, 6) is 1.43. The van der Waals surface area contributed by atoms with Gasteiger partial charge in [-0.2, -0.15) is 0 Å². The molecule has 176 valence electrons. The van der Waals surface area contributed by atoms with Crippen molar-refractivity contribution in [2.75, 3.05) is 13.1 Å². The van der Waals surface area contributed by atoms with Crippen LogP contribution in [0.25, 0.3) is 0 Å². The summed E-state index contributed by atoms with van der Waals surface area (Å²) in [6.07, 6.45) is 2.56. The van der Waals surface area contributed by atoms with Crippen molar-refractivity contribution in [3.05, 3.63) is 59.7 Å². The number of carbonyl (C=O) groups excluding carboxylic acids is 1. The first-order valence-electron chi connectivity index (χ1n) is 12.1. The fourth-order valence-corrected chi connectivity index (χ4v) is 4.43. The number of amides is 1. The largest absolute Gasteiger partial charge is 0.494 e. The smallest absolute Gasteiger partial charge is 0.489 e. The molecule has 0 bridgehead atoms. The van der Waals surface area contributed by atoms with Gasteiger partial charge >= 0.3 is 7.12 Å². The minimum absolute atomic E-state index is 0.150. The minimum Gasteiger partial charge on any atom is -0.489 e. The van der Waals surface area contributed by atoms with Crippen molar-refractivity contribution in [1.82, 2.24) is 4.90 Å². The van der Waals surface area contributed by atoms with Crippen LogP contribution >= 0.6 is 0 Å². The molecule has 4 rings (SSSR count). The Morgan fingerprint density at radius 2 is 1.79 bits per heavy atom. The maximum Gasteiger partial charge on any atom is 0.494 e. The Labute approximate surface area is 198 Å². The van der Waals surface area contributed by atoms with E-state index in [1.165, 1.54) is 6.42 Å². The Morgan fingerprint density at radius 1 is 1.09 bits per heavy atom. The lowest BCUT2D eigenvalue weighted by molar-refractivity contribution is -0.132. The van der Waals surface area contributed by atoms with Crippen LogP contribution in [0, 0.1) is 5.92 Å². The van der Waals surface area contributed by atoms with Crippen molar-refractivity contribution in [2.24, 2.45) is 5.92 Å². The number of nitrogens with zero attached hydrogens (tertiary/aromatic N) is 1. The lowest BCUT2D eigenvalue weighted by Gasteiger charge is -2.32. The van der Waals surface area contributed by atoms with E-state index in [0.717, 1.165) is 41.8 Å². The zero-order valence-electron chi connectivity index (χ0n) is 20.6. The molecule has 0 aromatic heterocycles. The molecule has 2 heterocycles. The lowest BCUT2D eigenvalue weighted by Crippen LogP contribution is -2.41. The number of hydrogen-bond donors (Lipinski definition) is 0. The second kappa shape index (κ2) is 9.51. The summed E-state index contributed by atoms with van der Waals surface area (Å²) in [6, 6.07) is 16.0. The fraction of sp³-hybridized carbons (Fsp3) is 0.519. The van der Waals surface area contributed by atoms with Crippen LogP contribution in [0.3, 0.4) is 0 Å². The van der Waals surface area contributed by atoms with Gasteiger partial charge in [-0.1, -0.05) is 49.4 Å². The van der Waals surface area contributed by atoms with Gasteiger partial charge in [-0.25, -0.2) is 0 Å². The molecule has 0 spiro atoms. The molecule has 5 nitrogen and oxygen atoms in total. The van der Waals surface area contributed by atoms with E-state index >= 15 is 0 Å². The molecule has 0 aliphatic carbocycles. The van der Waals surface area contributed by atoms with Gasteiger partial charge in [-0.15, -0.1) is 0 Å². The quantitative estimate of drug-likeness (QED) is 0.615. The van der Waals surface area contributed by atoms with Gasteiger partial charge < -0.3 is 18.9 Å². The molecular weight excluding hydrogens is 413 g/mol. The molecule has 6 heteroatoms. The van der Waals surface area contributed by atoms with Crippen LogP contribution in [0.15, 0.2) is 48.5 Å². The fourth-order valence-electron chi connectivity index (χ4n) is 4.43. The standard InChI is InChI=1S/C27H36BNO4/c1-20-10-9-15-29(18-20)25(30)17-22-16-23(28-32-26(2,3)27(4,5)33-28)13-14-24(22)31-19-21-11-7-6-8-12-21/h6-8,11-14,16,20H,9-10,15,17-19H2,1-5H3. The molecule has 2 aromatic carbocycles. The summed E-state index contributed by atoms with van der Waals surface area (Å²) < 4.78 is 18.7. The monoisotopic (exact) mass is 449 g/mol. The normalized spacial score (nSPS) is 21.8. The maximum absolute atomic E-state index is 13.2. The number of ether oxygens (including phenoxy) is 1. The molecule has 2 aliphatic heterocycles. The van der Waals surface area contributed by atoms with Gasteiger partial charge in [-0.3, -0.25) is 4.79 Å². The second-order valence-electron chi connectivity index (χ2n) is 10.5. The number of rotatable bonds is 6. The summed E-state index contributed by atoms with van der Waals surface area (Å²) in [4.78, 5) is 15.2. The van der Waals surface area contributed by atoms with E-state index in [2.05, 4.69) is 6.92 Å². The van der Waals surface area contributed by atoms with E-state index in [1.807, 2.05) is 81.1 Å². The van der Waals surface area contributed by atoms with Crippen LogP contribution < -0.4 is 10.2 Å². The highest BCUT2D eigenvalue weighted by molar-refractivity contribution is 6.62. The first-order chi connectivity index (χ1) is 15.6. The predicted octanol–water partition coefficient (Wildman–Crippen LogP) is 4.37. The zero-order valence-corrected chi connectivity index (χ0v) is 20.6. The molecule has 2 aliphatic rings. The van der Waals surface area contributed by atoms with Crippen LogP contribution in [0.1, 0.15) is 58.6 Å². The van der Waals surface area contributed by atoms with E-state index < -0.39 is 18.3 Å². The Balaban J connectivity index is 1.57. The van der Waals surface area contributed by atoms with Crippen molar-refractivity contribution < 1.29 is 18.8 Å². The molecule has 2 aromatic rings. The third-order valence-electron chi connectivity index (χ3n) is 7.20. The third-order valence-corrected chi connectivity index (χ3v) is 7.20. The number of likely N-dealkylation sites (tertiary alicyclic amines) is 1. The molecule has 0 saturated carbocycles. The first kappa shape index (κ1) is 23.8. The predicted molar refractivity (Wildman–Crippen MR) is 132 cm³/mol. The van der Waals surface area contributed by atoms with Crippen molar-refractivity contribution in [3.8, 4) is 5.75 Å². The van der Waals surface area contributed by atoms with E-state index in [9.17, 15) is 4.79 Å². The van der Waals surface area contributed by atoms with Crippen LogP contribution in [-0.4, -0.2) is 42.2 Å². The first-order valence-corrected chi connectivity index (χ1v) is 12.1. The van der Waals surface area contributed by atoms with Gasteiger partial charge in [-0.05, 0) is 63.5 Å². The molecule has 2 saturated heterocycles. The van der Waals surface area contributed by atoms with Gasteiger partial charge in [0.2, 0.25) is 5.91 Å². The van der Waals surface area contributed by atoms with Crippen molar-refractivity contribution >= 4 is 18.5 Å². The van der Waals surface area contributed by atoms with Crippen LogP contribution in [0.2, 0.25) is 0 Å². The molecule has 0 radical (unpaired) electrons. The molecular formula is C27H36BNO4. The summed E-state index contributed by atoms with van der Waals surface area (Å²) in [5, 5.41) is 0. The van der Waals surface area contributed by atoms with Crippen molar-refractivity contribution in [3.63, 3.8) is 0 Å². The molecule has 1 amide bonds. The number of hydrogen-bond acceptors (Lipinski definition) is 4. The Hall–Kier alpha value is -2.31. The number of benzene rings is 2. The highest BCUT2D eigenvalue weighted by Crippen LogP contribution is 2.36. The summed E-state index contributed by atoms with van der Waals surface area (Å²) >= 11 is 0. The molecule has 2 fully saturated rings. The highest BCUT2D eigenvalue weighted by Gasteiger charge is 2.51. The van der Waals surface area contributed by atoms with Crippen LogP contribution in [0.5, 0.6) is 5.75 Å². The van der Waals surface area contributed by atoms with Gasteiger partial charge in [0.1, 0.15) is 12.4 Å². The lowest BCUT2D eigenvalue weighted by atomic mass is 9.78. The molecule has 33 heavy (non-hydrogen) atoms. The van der Waals surface area contributed by atoms with Gasteiger partial charge in [0.25, 0.3) is 0 Å². The van der Waals surface area contributed by atoms with Crippen molar-refractivity contribution in [1.29, 1.82) is 0 Å². The van der Waals surface area contributed by atoms with E-state index in [-0.39, 0.29) is 5.91 Å². The SMILES string of the molecule is CC1CCCN(C(=O)Cc2cc(B3OC(C)(C)C(C)(C)O3)ccc2OCc2ccccc2)C1. The number of piperidine rings is 1. The third kappa shape index (κ3) is 5.44. The van der Waals surface area contributed by atoms with Crippen molar-refractivity contribution in [2.45, 2.75) is 71.7 Å². The van der Waals surface area contributed by atoms with Crippen LogP contribution in [0.4, 0.5) is 0 Å². The maximum atomic E-state index is 13.2. The molecule has 1 atom stereocenters. The Morgan fingerprint density at radius 3 is 2.45 bits per heavy atom. The average molecular weight is 449 g/mol. The number of carbonyl (C=O) groups is 1. The Bertz CT molecular complexity index is 959. The van der Waals surface area contributed by atoms with E-state index in [0.29, 0.717) is 18.9 Å².